The van der Waals surface area contributed by atoms with Crippen LogP contribution < -0.4 is 10.5 Å². The fourth-order valence-electron chi connectivity index (χ4n) is 1.63. The van der Waals surface area contributed by atoms with Crippen molar-refractivity contribution in [3.63, 3.8) is 0 Å². The molecule has 0 aliphatic heterocycles. The lowest BCUT2D eigenvalue weighted by molar-refractivity contribution is 0.315. The molecule has 1 heterocycles. The highest BCUT2D eigenvalue weighted by molar-refractivity contribution is 7.91. The largest absolute Gasteiger partial charge is 0.409 e. The van der Waals surface area contributed by atoms with Crippen molar-refractivity contribution in [2.24, 2.45) is 10.9 Å². The Labute approximate surface area is 120 Å². The molecule has 2 aromatic rings. The van der Waals surface area contributed by atoms with Crippen molar-refractivity contribution < 1.29 is 13.6 Å². The Hall–Kier alpha value is -1.90. The summed E-state index contributed by atoms with van der Waals surface area (Å²) in [4.78, 5) is 0. The number of rotatable bonds is 5. The van der Waals surface area contributed by atoms with Gasteiger partial charge in [-0.3, -0.25) is 0 Å². The summed E-state index contributed by atoms with van der Waals surface area (Å²) in [5.41, 5.74) is 6.17. The van der Waals surface area contributed by atoms with E-state index in [-0.39, 0.29) is 10.0 Å². The van der Waals surface area contributed by atoms with Crippen molar-refractivity contribution in [1.82, 2.24) is 4.72 Å². The quantitative estimate of drug-likeness (QED) is 0.337. The van der Waals surface area contributed by atoms with Gasteiger partial charge in [0.1, 0.15) is 10.3 Å². The molecular formula is C12H13N3O3S2. The van der Waals surface area contributed by atoms with Gasteiger partial charge >= 0.3 is 0 Å². The van der Waals surface area contributed by atoms with Crippen LogP contribution in [0, 0.1) is 0 Å². The molecule has 8 heteroatoms. The maximum Gasteiger partial charge on any atom is 0.251 e. The van der Waals surface area contributed by atoms with Crippen LogP contribution in [0.3, 0.4) is 0 Å². The lowest BCUT2D eigenvalue weighted by atomic mass is 10.1. The number of oxime groups is 1. The van der Waals surface area contributed by atoms with Crippen molar-refractivity contribution >= 4 is 27.2 Å². The molecule has 0 saturated carbocycles. The van der Waals surface area contributed by atoms with Crippen LogP contribution in [0.25, 0.3) is 0 Å². The molecule has 2 rings (SSSR count). The first-order valence-corrected chi connectivity index (χ1v) is 7.99. The van der Waals surface area contributed by atoms with Gasteiger partial charge in [-0.05, 0) is 17.0 Å². The van der Waals surface area contributed by atoms with Gasteiger partial charge in [0, 0.05) is 0 Å². The van der Waals surface area contributed by atoms with Crippen molar-refractivity contribution in [2.75, 3.05) is 0 Å². The van der Waals surface area contributed by atoms with Crippen molar-refractivity contribution in [2.45, 2.75) is 10.3 Å². The lowest BCUT2D eigenvalue weighted by Gasteiger charge is -2.17. The predicted molar refractivity (Wildman–Crippen MR) is 77.2 cm³/mol. The Kier molecular flexibility index (Phi) is 4.38. The molecule has 1 aromatic heterocycles. The standard InChI is InChI=1S/C12H13N3O3S2/c13-12(14-16)11(9-5-2-1-3-6-9)15-20(17,18)10-7-4-8-19-10/h1-8,11,15-16H,(H2,13,14). The van der Waals surface area contributed by atoms with Crippen molar-refractivity contribution in [3.8, 4) is 0 Å². The second kappa shape index (κ2) is 6.04. The maximum absolute atomic E-state index is 12.2. The van der Waals surface area contributed by atoms with Gasteiger partial charge < -0.3 is 10.9 Å². The highest BCUT2D eigenvalue weighted by atomic mass is 32.2. The molecule has 0 aliphatic carbocycles. The van der Waals surface area contributed by atoms with E-state index in [0.717, 1.165) is 11.3 Å². The van der Waals surface area contributed by atoms with Crippen LogP contribution in [0.1, 0.15) is 11.6 Å². The molecule has 0 spiro atoms. The molecule has 1 aromatic carbocycles. The molecular weight excluding hydrogens is 298 g/mol. The molecule has 0 bridgehead atoms. The number of thiophene rings is 1. The van der Waals surface area contributed by atoms with E-state index in [4.69, 9.17) is 10.9 Å². The summed E-state index contributed by atoms with van der Waals surface area (Å²) in [6, 6.07) is 10.9. The average Bonchev–Trinajstić information content (AvgIpc) is 3.00. The number of sulfonamides is 1. The van der Waals surface area contributed by atoms with Gasteiger partial charge in [0.15, 0.2) is 5.84 Å². The molecule has 106 valence electrons. The van der Waals surface area contributed by atoms with Crippen LogP contribution in [0.2, 0.25) is 0 Å². The van der Waals surface area contributed by atoms with E-state index >= 15 is 0 Å². The summed E-state index contributed by atoms with van der Waals surface area (Å²) >= 11 is 1.09. The molecule has 20 heavy (non-hydrogen) atoms. The van der Waals surface area contributed by atoms with Gasteiger partial charge in [-0.2, -0.15) is 4.72 Å². The Morgan fingerprint density at radius 3 is 2.50 bits per heavy atom. The van der Waals surface area contributed by atoms with E-state index in [9.17, 15) is 8.42 Å². The lowest BCUT2D eigenvalue weighted by Crippen LogP contribution is -2.37. The number of nitrogens with two attached hydrogens (primary N) is 1. The Morgan fingerprint density at radius 1 is 1.25 bits per heavy atom. The van der Waals surface area contributed by atoms with E-state index in [0.29, 0.717) is 5.56 Å². The first-order chi connectivity index (χ1) is 9.54. The van der Waals surface area contributed by atoms with Gasteiger partial charge in [-0.15, -0.1) is 11.3 Å². The molecule has 0 radical (unpaired) electrons. The normalized spacial score (nSPS) is 14.1. The minimum absolute atomic E-state index is 0.171. The number of nitrogens with one attached hydrogen (secondary N) is 1. The number of hydrogen-bond acceptors (Lipinski definition) is 5. The fraction of sp³-hybridized carbons (Fsp3) is 0.0833. The SMILES string of the molecule is N/C(=N\O)C(NS(=O)(=O)c1cccs1)c1ccccc1. The molecule has 6 nitrogen and oxygen atoms in total. The highest BCUT2D eigenvalue weighted by Crippen LogP contribution is 2.20. The summed E-state index contributed by atoms with van der Waals surface area (Å²) in [6.07, 6.45) is 0. The minimum Gasteiger partial charge on any atom is -0.409 e. The maximum atomic E-state index is 12.2. The number of benzene rings is 1. The molecule has 1 atom stereocenters. The summed E-state index contributed by atoms with van der Waals surface area (Å²) in [7, 11) is -3.72. The summed E-state index contributed by atoms with van der Waals surface area (Å²) in [6.45, 7) is 0. The number of nitrogens with zero attached hydrogens (tertiary/aromatic N) is 1. The van der Waals surface area contributed by atoms with Gasteiger partial charge in [0.25, 0.3) is 10.0 Å². The number of hydrogen-bond donors (Lipinski definition) is 3. The number of amidine groups is 1. The van der Waals surface area contributed by atoms with Crippen LogP contribution in [0.4, 0.5) is 0 Å². The van der Waals surface area contributed by atoms with E-state index in [2.05, 4.69) is 9.88 Å². The minimum atomic E-state index is -3.72. The van der Waals surface area contributed by atoms with Gasteiger partial charge in [-0.1, -0.05) is 41.6 Å². The molecule has 0 aliphatic rings. The van der Waals surface area contributed by atoms with E-state index in [1.165, 1.54) is 6.07 Å². The zero-order valence-electron chi connectivity index (χ0n) is 10.3. The van der Waals surface area contributed by atoms with E-state index in [1.807, 2.05) is 0 Å². The second-order valence-electron chi connectivity index (χ2n) is 3.92. The van der Waals surface area contributed by atoms with E-state index in [1.54, 1.807) is 41.8 Å². The first-order valence-electron chi connectivity index (χ1n) is 5.63. The third kappa shape index (κ3) is 3.16. The Morgan fingerprint density at radius 2 is 1.95 bits per heavy atom. The van der Waals surface area contributed by atoms with Crippen LogP contribution in [-0.4, -0.2) is 19.5 Å². The average molecular weight is 311 g/mol. The van der Waals surface area contributed by atoms with Gasteiger partial charge in [0.05, 0.1) is 0 Å². The fourth-order valence-corrected chi connectivity index (χ4v) is 3.84. The van der Waals surface area contributed by atoms with Gasteiger partial charge in [0.2, 0.25) is 0 Å². The zero-order valence-corrected chi connectivity index (χ0v) is 11.9. The second-order valence-corrected chi connectivity index (χ2v) is 6.81. The topological polar surface area (TPSA) is 105 Å². The zero-order chi connectivity index (χ0) is 14.6. The van der Waals surface area contributed by atoms with Gasteiger partial charge in [-0.25, -0.2) is 8.42 Å². The summed E-state index contributed by atoms with van der Waals surface area (Å²) in [5, 5.41) is 13.4. The van der Waals surface area contributed by atoms with Crippen LogP contribution in [0.5, 0.6) is 0 Å². The highest BCUT2D eigenvalue weighted by Gasteiger charge is 2.25. The first kappa shape index (κ1) is 14.5. The van der Waals surface area contributed by atoms with Crippen LogP contribution in [0.15, 0.2) is 57.2 Å². The van der Waals surface area contributed by atoms with E-state index < -0.39 is 16.1 Å². The third-order valence-electron chi connectivity index (χ3n) is 2.58. The molecule has 4 N–H and O–H groups in total. The van der Waals surface area contributed by atoms with Crippen LogP contribution >= 0.6 is 11.3 Å². The van der Waals surface area contributed by atoms with Crippen LogP contribution in [-0.2, 0) is 10.0 Å². The molecule has 0 fully saturated rings. The predicted octanol–water partition coefficient (Wildman–Crippen LogP) is 1.51. The third-order valence-corrected chi connectivity index (χ3v) is 5.40. The van der Waals surface area contributed by atoms with Crippen molar-refractivity contribution in [3.05, 3.63) is 53.4 Å². The Balaban J connectivity index is 2.35. The molecule has 1 unspecified atom stereocenters. The molecule has 0 saturated heterocycles. The Bertz CT molecular complexity index is 682. The summed E-state index contributed by atoms with van der Waals surface area (Å²) in [5.74, 6) is -0.226. The molecule has 0 amide bonds. The smallest absolute Gasteiger partial charge is 0.251 e. The summed E-state index contributed by atoms with van der Waals surface area (Å²) < 4.78 is 27.0. The monoisotopic (exact) mass is 311 g/mol. The van der Waals surface area contributed by atoms with Crippen molar-refractivity contribution in [1.29, 1.82) is 0 Å².